The third-order valence-corrected chi connectivity index (χ3v) is 5.47. The van der Waals surface area contributed by atoms with E-state index in [1.807, 2.05) is 0 Å². The topological polar surface area (TPSA) is 94.0 Å². The van der Waals surface area contributed by atoms with E-state index < -0.39 is 42.0 Å². The summed E-state index contributed by atoms with van der Waals surface area (Å²) in [4.78, 5) is 19.3. The van der Waals surface area contributed by atoms with E-state index in [2.05, 4.69) is 30.4 Å². The number of rotatable bonds is 2. The first-order valence-electron chi connectivity index (χ1n) is 9.66. The number of benzene rings is 1. The molecule has 0 bridgehead atoms. The molecule has 0 aliphatic carbocycles. The Bertz CT molecular complexity index is 1210. The molecule has 2 N–H and O–H groups in total. The van der Waals surface area contributed by atoms with Gasteiger partial charge >= 0.3 is 12.3 Å². The van der Waals surface area contributed by atoms with Gasteiger partial charge in [0, 0.05) is 11.9 Å². The van der Waals surface area contributed by atoms with Crippen LogP contribution in [0.5, 0.6) is 0 Å². The minimum absolute atomic E-state index is 0.0293. The average molecular weight is 454 g/mol. The van der Waals surface area contributed by atoms with Gasteiger partial charge in [-0.3, -0.25) is 10.00 Å². The Balaban J connectivity index is 1.75. The molecule has 168 valence electrons. The Morgan fingerprint density at radius 3 is 2.75 bits per heavy atom. The zero-order chi connectivity index (χ0) is 22.6. The van der Waals surface area contributed by atoms with Gasteiger partial charge in [-0.05, 0) is 31.2 Å². The van der Waals surface area contributed by atoms with Crippen molar-refractivity contribution in [3.05, 3.63) is 35.9 Å². The number of cyclic esters (lactones) is 1. The van der Waals surface area contributed by atoms with E-state index in [0.717, 1.165) is 18.5 Å². The van der Waals surface area contributed by atoms with Gasteiger partial charge in [-0.2, -0.15) is 18.3 Å². The SMILES string of the molecule is O=C1Nc2ncnc(-c3nn([C@H]4CCNC[C@H]4F)c4cc(F)ccc34)c2[C@H](C(F)(F)F)O1. The number of anilines is 1. The molecule has 1 saturated heterocycles. The summed E-state index contributed by atoms with van der Waals surface area (Å²) in [6, 6.07) is 2.87. The molecule has 8 nitrogen and oxygen atoms in total. The number of nitrogens with one attached hydrogen (secondary N) is 2. The molecule has 32 heavy (non-hydrogen) atoms. The number of amides is 1. The van der Waals surface area contributed by atoms with E-state index >= 15 is 0 Å². The molecule has 3 atom stereocenters. The predicted octanol–water partition coefficient (Wildman–Crippen LogP) is 3.67. The highest BCUT2D eigenvalue weighted by Gasteiger charge is 2.50. The fraction of sp³-hybridized carbons (Fsp3) is 0.368. The number of ether oxygens (including phenoxy) is 1. The molecule has 13 heteroatoms. The van der Waals surface area contributed by atoms with Crippen molar-refractivity contribution in [3.8, 4) is 11.4 Å². The molecule has 0 unspecified atom stereocenters. The molecular formula is C19H15F5N6O2. The van der Waals surface area contributed by atoms with Gasteiger partial charge in [0.15, 0.2) is 0 Å². The molecule has 3 aromatic rings. The van der Waals surface area contributed by atoms with Crippen LogP contribution in [0.15, 0.2) is 24.5 Å². The van der Waals surface area contributed by atoms with Gasteiger partial charge in [-0.15, -0.1) is 0 Å². The maximum atomic E-state index is 14.6. The van der Waals surface area contributed by atoms with Crippen LogP contribution in [0.1, 0.15) is 24.1 Å². The number of hydrogen-bond donors (Lipinski definition) is 2. The van der Waals surface area contributed by atoms with Crippen molar-refractivity contribution in [2.75, 3.05) is 18.4 Å². The van der Waals surface area contributed by atoms with Crippen molar-refractivity contribution >= 4 is 22.8 Å². The molecule has 5 rings (SSSR count). The van der Waals surface area contributed by atoms with E-state index in [9.17, 15) is 26.7 Å². The van der Waals surface area contributed by atoms with Gasteiger partial charge in [-0.25, -0.2) is 23.5 Å². The highest BCUT2D eigenvalue weighted by molar-refractivity contribution is 5.96. The Labute approximate surface area is 176 Å². The maximum Gasteiger partial charge on any atom is 0.430 e. The van der Waals surface area contributed by atoms with Gasteiger partial charge < -0.3 is 10.1 Å². The lowest BCUT2D eigenvalue weighted by Crippen LogP contribution is -2.39. The van der Waals surface area contributed by atoms with E-state index in [1.165, 1.54) is 10.7 Å². The lowest BCUT2D eigenvalue weighted by molar-refractivity contribution is -0.206. The maximum absolute atomic E-state index is 14.6. The lowest BCUT2D eigenvalue weighted by Gasteiger charge is -2.28. The molecular weight excluding hydrogens is 439 g/mol. The van der Waals surface area contributed by atoms with E-state index in [1.54, 1.807) is 0 Å². The summed E-state index contributed by atoms with van der Waals surface area (Å²) >= 11 is 0. The highest BCUT2D eigenvalue weighted by atomic mass is 19.4. The lowest BCUT2D eigenvalue weighted by atomic mass is 10.0. The molecule has 4 heterocycles. The zero-order valence-corrected chi connectivity index (χ0v) is 16.2. The van der Waals surface area contributed by atoms with Crippen LogP contribution >= 0.6 is 0 Å². The van der Waals surface area contributed by atoms with Crippen LogP contribution in [-0.2, 0) is 4.74 Å². The van der Waals surface area contributed by atoms with E-state index in [4.69, 9.17) is 0 Å². The van der Waals surface area contributed by atoms with Crippen molar-refractivity contribution < 1.29 is 31.5 Å². The normalized spacial score (nSPS) is 23.5. The van der Waals surface area contributed by atoms with Crippen molar-refractivity contribution in [2.45, 2.75) is 30.9 Å². The van der Waals surface area contributed by atoms with Gasteiger partial charge in [0.05, 0.1) is 17.1 Å². The number of alkyl halides is 4. The largest absolute Gasteiger partial charge is 0.431 e. The Hall–Kier alpha value is -3.35. The zero-order valence-electron chi connectivity index (χ0n) is 16.2. The fourth-order valence-electron chi connectivity index (χ4n) is 4.07. The fourth-order valence-corrected chi connectivity index (χ4v) is 4.07. The molecule has 2 aliphatic rings. The van der Waals surface area contributed by atoms with Crippen LogP contribution in [0.3, 0.4) is 0 Å². The van der Waals surface area contributed by atoms with Crippen molar-refractivity contribution in [3.63, 3.8) is 0 Å². The summed E-state index contributed by atoms with van der Waals surface area (Å²) in [5.74, 6) is -0.980. The first-order valence-corrected chi connectivity index (χ1v) is 9.66. The van der Waals surface area contributed by atoms with Gasteiger partial charge in [-0.1, -0.05) is 0 Å². The first-order chi connectivity index (χ1) is 15.2. The predicted molar refractivity (Wildman–Crippen MR) is 101 cm³/mol. The second-order valence-corrected chi connectivity index (χ2v) is 7.47. The number of nitrogens with zero attached hydrogens (tertiary/aromatic N) is 4. The Morgan fingerprint density at radius 1 is 1.19 bits per heavy atom. The number of fused-ring (bicyclic) bond motifs is 2. The second-order valence-electron chi connectivity index (χ2n) is 7.47. The van der Waals surface area contributed by atoms with Crippen LogP contribution in [0.2, 0.25) is 0 Å². The molecule has 1 fully saturated rings. The van der Waals surface area contributed by atoms with Crippen molar-refractivity contribution in [1.29, 1.82) is 0 Å². The summed E-state index contributed by atoms with van der Waals surface area (Å²) in [7, 11) is 0. The van der Waals surface area contributed by atoms with Crippen LogP contribution in [0, 0.1) is 5.82 Å². The van der Waals surface area contributed by atoms with Crippen molar-refractivity contribution in [1.82, 2.24) is 25.1 Å². The number of halogens is 5. The quantitative estimate of drug-likeness (QED) is 0.574. The molecule has 2 aromatic heterocycles. The monoisotopic (exact) mass is 454 g/mol. The molecule has 1 amide bonds. The van der Waals surface area contributed by atoms with Gasteiger partial charge in [0.2, 0.25) is 6.10 Å². The molecule has 2 aliphatic heterocycles. The third-order valence-electron chi connectivity index (χ3n) is 5.47. The number of carbonyl (C=O) groups is 1. The summed E-state index contributed by atoms with van der Waals surface area (Å²) in [5, 5.41) is 9.69. The van der Waals surface area contributed by atoms with E-state index in [-0.39, 0.29) is 34.7 Å². The Kier molecular flexibility index (Phi) is 4.73. The molecule has 1 aromatic carbocycles. The summed E-state index contributed by atoms with van der Waals surface area (Å²) in [6.07, 6.45) is -8.90. The van der Waals surface area contributed by atoms with Crippen molar-refractivity contribution in [2.24, 2.45) is 0 Å². The average Bonchev–Trinajstić information content (AvgIpc) is 3.10. The van der Waals surface area contributed by atoms with Gasteiger partial charge in [0.25, 0.3) is 0 Å². The smallest absolute Gasteiger partial charge is 0.430 e. The minimum Gasteiger partial charge on any atom is -0.431 e. The molecule has 0 radical (unpaired) electrons. The second kappa shape index (κ2) is 7.36. The van der Waals surface area contributed by atoms with Gasteiger partial charge in [0.1, 0.15) is 35.5 Å². The highest BCUT2D eigenvalue weighted by Crippen LogP contribution is 2.45. The van der Waals surface area contributed by atoms with Crippen LogP contribution < -0.4 is 10.6 Å². The molecule has 0 saturated carbocycles. The van der Waals surface area contributed by atoms with Crippen LogP contribution in [0.25, 0.3) is 22.3 Å². The first kappa shape index (κ1) is 20.5. The standard InChI is InChI=1S/C19H15F5N6O2/c20-8-1-2-9-12(5-8)30(11-3-4-25-6-10(11)21)29-14(9)15-13-16(19(22,23)24)32-18(31)28-17(13)27-7-26-15/h1-2,5,7,10-11,16,25H,3-4,6H2,(H,26,27,28,31)/t10-,11+,16-/m1/s1. The molecule has 0 spiro atoms. The van der Waals surface area contributed by atoms with Crippen LogP contribution in [0.4, 0.5) is 32.6 Å². The number of carbonyl (C=O) groups excluding carboxylic acids is 1. The number of hydrogen-bond acceptors (Lipinski definition) is 6. The summed E-state index contributed by atoms with van der Waals surface area (Å²) < 4.78 is 75.6. The summed E-state index contributed by atoms with van der Waals surface area (Å²) in [5.41, 5.74) is -0.598. The Morgan fingerprint density at radius 2 is 2.00 bits per heavy atom. The third kappa shape index (κ3) is 3.32. The van der Waals surface area contributed by atoms with Crippen LogP contribution in [-0.4, -0.2) is 51.3 Å². The minimum atomic E-state index is -4.95. The summed E-state index contributed by atoms with van der Waals surface area (Å²) in [6.45, 7) is 0.561. The number of piperidine rings is 1. The van der Waals surface area contributed by atoms with E-state index in [0.29, 0.717) is 13.0 Å². The number of aromatic nitrogens is 4.